The molecule has 0 aliphatic heterocycles. The van der Waals surface area contributed by atoms with Gasteiger partial charge in [-0.15, -0.1) is 0 Å². The first-order valence-electron chi connectivity index (χ1n) is 6.17. The molecule has 2 N–H and O–H groups in total. The molecule has 90 valence electrons. The van der Waals surface area contributed by atoms with Gasteiger partial charge in [-0.25, -0.2) is 0 Å². The van der Waals surface area contributed by atoms with Crippen molar-refractivity contribution in [2.75, 3.05) is 13.1 Å². The minimum atomic E-state index is 0.600. The van der Waals surface area contributed by atoms with Gasteiger partial charge in [0.2, 0.25) is 0 Å². The molecule has 0 aromatic heterocycles. The second-order valence-corrected chi connectivity index (χ2v) is 4.44. The molecule has 2 nitrogen and oxygen atoms in total. The van der Waals surface area contributed by atoms with Gasteiger partial charge < -0.3 is 5.73 Å². The fraction of sp³-hybridized carbons (Fsp3) is 0.571. The molecular weight excluding hydrogens is 196 g/mol. The van der Waals surface area contributed by atoms with E-state index < -0.39 is 0 Å². The van der Waals surface area contributed by atoms with Crippen LogP contribution in [0, 0.1) is 6.92 Å². The second-order valence-electron chi connectivity index (χ2n) is 4.44. The van der Waals surface area contributed by atoms with Crippen molar-refractivity contribution in [1.82, 2.24) is 4.90 Å². The Morgan fingerprint density at radius 1 is 1.31 bits per heavy atom. The van der Waals surface area contributed by atoms with Crippen molar-refractivity contribution in [2.45, 2.75) is 39.8 Å². The Labute approximate surface area is 99.5 Å². The lowest BCUT2D eigenvalue weighted by molar-refractivity contribution is 0.200. The molecule has 0 amide bonds. The summed E-state index contributed by atoms with van der Waals surface area (Å²) in [5.41, 5.74) is 8.45. The van der Waals surface area contributed by atoms with Crippen LogP contribution >= 0.6 is 0 Å². The van der Waals surface area contributed by atoms with E-state index in [4.69, 9.17) is 5.73 Å². The molecule has 0 spiro atoms. The van der Waals surface area contributed by atoms with Crippen LogP contribution in [0.3, 0.4) is 0 Å². The second kappa shape index (κ2) is 6.66. The minimum Gasteiger partial charge on any atom is -0.329 e. The fourth-order valence-electron chi connectivity index (χ4n) is 1.89. The van der Waals surface area contributed by atoms with E-state index in [1.54, 1.807) is 0 Å². The maximum atomic E-state index is 5.67. The first-order valence-corrected chi connectivity index (χ1v) is 6.17. The topological polar surface area (TPSA) is 29.3 Å². The molecule has 1 rings (SSSR count). The lowest BCUT2D eigenvalue weighted by Gasteiger charge is -2.28. The molecule has 0 aliphatic carbocycles. The van der Waals surface area contributed by atoms with Gasteiger partial charge in [0.15, 0.2) is 0 Å². The van der Waals surface area contributed by atoms with Crippen molar-refractivity contribution in [3.63, 3.8) is 0 Å². The standard InChI is InChI=1S/C14H24N2/c1-4-13(3)16(10-9-15)11-14-8-6-5-7-12(14)2/h5-8,13H,4,9-11,15H2,1-3H3. The number of nitrogens with two attached hydrogens (primary N) is 1. The number of benzene rings is 1. The molecule has 0 fully saturated rings. The predicted octanol–water partition coefficient (Wildman–Crippen LogP) is 2.55. The maximum Gasteiger partial charge on any atom is 0.0239 e. The number of hydrogen-bond donors (Lipinski definition) is 1. The summed E-state index contributed by atoms with van der Waals surface area (Å²) >= 11 is 0. The monoisotopic (exact) mass is 220 g/mol. The van der Waals surface area contributed by atoms with E-state index >= 15 is 0 Å². The third-order valence-corrected chi connectivity index (χ3v) is 3.27. The van der Waals surface area contributed by atoms with Gasteiger partial charge in [0.05, 0.1) is 0 Å². The van der Waals surface area contributed by atoms with Gasteiger partial charge in [0, 0.05) is 25.7 Å². The van der Waals surface area contributed by atoms with Crippen LogP contribution in [0.25, 0.3) is 0 Å². The summed E-state index contributed by atoms with van der Waals surface area (Å²) in [6.07, 6.45) is 1.17. The van der Waals surface area contributed by atoms with Crippen LogP contribution in [-0.2, 0) is 6.54 Å². The summed E-state index contributed by atoms with van der Waals surface area (Å²) in [6, 6.07) is 9.19. The third kappa shape index (κ3) is 3.62. The fourth-order valence-corrected chi connectivity index (χ4v) is 1.89. The Bertz CT molecular complexity index is 309. The van der Waals surface area contributed by atoms with Gasteiger partial charge in [-0.3, -0.25) is 4.90 Å². The van der Waals surface area contributed by atoms with Crippen LogP contribution < -0.4 is 5.73 Å². The number of aryl methyl sites for hydroxylation is 1. The van der Waals surface area contributed by atoms with Gasteiger partial charge in [0.25, 0.3) is 0 Å². The average Bonchev–Trinajstić information content (AvgIpc) is 2.30. The number of nitrogens with zero attached hydrogens (tertiary/aromatic N) is 1. The van der Waals surface area contributed by atoms with Crippen molar-refractivity contribution in [3.05, 3.63) is 35.4 Å². The average molecular weight is 220 g/mol. The summed E-state index contributed by atoms with van der Waals surface area (Å²) in [5, 5.41) is 0. The maximum absolute atomic E-state index is 5.67. The predicted molar refractivity (Wildman–Crippen MR) is 70.4 cm³/mol. The highest BCUT2D eigenvalue weighted by atomic mass is 15.2. The van der Waals surface area contributed by atoms with E-state index in [9.17, 15) is 0 Å². The lowest BCUT2D eigenvalue weighted by Crippen LogP contribution is -2.36. The highest BCUT2D eigenvalue weighted by Gasteiger charge is 2.12. The van der Waals surface area contributed by atoms with Crippen molar-refractivity contribution in [3.8, 4) is 0 Å². The first kappa shape index (κ1) is 13.2. The van der Waals surface area contributed by atoms with Crippen molar-refractivity contribution in [2.24, 2.45) is 5.73 Å². The van der Waals surface area contributed by atoms with E-state index in [1.807, 2.05) is 0 Å². The van der Waals surface area contributed by atoms with Crippen molar-refractivity contribution < 1.29 is 0 Å². The highest BCUT2D eigenvalue weighted by Crippen LogP contribution is 2.13. The molecule has 0 saturated carbocycles. The Morgan fingerprint density at radius 2 is 2.00 bits per heavy atom. The molecule has 0 bridgehead atoms. The molecule has 0 aliphatic rings. The highest BCUT2D eigenvalue weighted by molar-refractivity contribution is 5.25. The van der Waals surface area contributed by atoms with Crippen molar-refractivity contribution in [1.29, 1.82) is 0 Å². The van der Waals surface area contributed by atoms with E-state index in [0.717, 1.165) is 19.6 Å². The molecule has 0 saturated heterocycles. The zero-order valence-corrected chi connectivity index (χ0v) is 10.7. The molecule has 1 aromatic carbocycles. The molecule has 1 atom stereocenters. The number of rotatable bonds is 6. The van der Waals surface area contributed by atoms with Crippen molar-refractivity contribution >= 4 is 0 Å². The van der Waals surface area contributed by atoms with Crippen LogP contribution in [0.15, 0.2) is 24.3 Å². The summed E-state index contributed by atoms with van der Waals surface area (Å²) in [7, 11) is 0. The Hall–Kier alpha value is -0.860. The Balaban J connectivity index is 2.71. The number of hydrogen-bond acceptors (Lipinski definition) is 2. The summed E-state index contributed by atoms with van der Waals surface area (Å²) in [4.78, 5) is 2.46. The quantitative estimate of drug-likeness (QED) is 0.798. The van der Waals surface area contributed by atoms with Gasteiger partial charge in [-0.05, 0) is 31.4 Å². The van der Waals surface area contributed by atoms with Crippen LogP contribution in [-0.4, -0.2) is 24.0 Å². The minimum absolute atomic E-state index is 0.600. The summed E-state index contributed by atoms with van der Waals surface area (Å²) < 4.78 is 0. The molecule has 0 heterocycles. The molecular formula is C14H24N2. The zero-order chi connectivity index (χ0) is 12.0. The Morgan fingerprint density at radius 3 is 2.56 bits per heavy atom. The lowest BCUT2D eigenvalue weighted by atomic mass is 10.1. The molecule has 2 heteroatoms. The van der Waals surface area contributed by atoms with Crippen LogP contribution in [0.4, 0.5) is 0 Å². The molecule has 16 heavy (non-hydrogen) atoms. The smallest absolute Gasteiger partial charge is 0.0239 e. The Kier molecular flexibility index (Phi) is 5.50. The van der Waals surface area contributed by atoms with Gasteiger partial charge in [-0.2, -0.15) is 0 Å². The van der Waals surface area contributed by atoms with E-state index in [0.29, 0.717) is 6.04 Å². The SMILES string of the molecule is CCC(C)N(CCN)Cc1ccccc1C. The normalized spacial score (nSPS) is 13.1. The van der Waals surface area contributed by atoms with E-state index in [2.05, 4.69) is 49.9 Å². The van der Waals surface area contributed by atoms with Gasteiger partial charge >= 0.3 is 0 Å². The zero-order valence-electron chi connectivity index (χ0n) is 10.7. The van der Waals surface area contributed by atoms with E-state index in [1.165, 1.54) is 17.5 Å². The van der Waals surface area contributed by atoms with Crippen LogP contribution in [0.2, 0.25) is 0 Å². The third-order valence-electron chi connectivity index (χ3n) is 3.27. The first-order chi connectivity index (χ1) is 7.69. The molecule has 1 unspecified atom stereocenters. The molecule has 1 aromatic rings. The van der Waals surface area contributed by atoms with Crippen LogP contribution in [0.1, 0.15) is 31.4 Å². The molecule has 0 radical (unpaired) electrons. The van der Waals surface area contributed by atoms with Gasteiger partial charge in [0.1, 0.15) is 0 Å². The summed E-state index contributed by atoms with van der Waals surface area (Å²) in [5.74, 6) is 0. The van der Waals surface area contributed by atoms with E-state index in [-0.39, 0.29) is 0 Å². The van der Waals surface area contributed by atoms with Gasteiger partial charge in [-0.1, -0.05) is 31.2 Å². The summed E-state index contributed by atoms with van der Waals surface area (Å²) in [6.45, 7) is 9.39. The van der Waals surface area contributed by atoms with Crippen LogP contribution in [0.5, 0.6) is 0 Å². The largest absolute Gasteiger partial charge is 0.329 e.